The number of benzene rings is 2. The smallest absolute Gasteiger partial charge is 0.295 e. The Morgan fingerprint density at radius 2 is 1.81 bits per heavy atom. The fourth-order valence-corrected chi connectivity index (χ4v) is 3.10. The molecule has 27 heavy (non-hydrogen) atoms. The molecule has 2 aromatic rings. The van der Waals surface area contributed by atoms with Crippen LogP contribution in [0.1, 0.15) is 17.2 Å². The van der Waals surface area contributed by atoms with Gasteiger partial charge in [-0.25, -0.2) is 4.39 Å². The van der Waals surface area contributed by atoms with E-state index in [9.17, 15) is 19.1 Å². The lowest BCUT2D eigenvalue weighted by molar-refractivity contribution is -0.139. The molecule has 0 aromatic heterocycles. The van der Waals surface area contributed by atoms with Crippen LogP contribution in [0.5, 0.6) is 5.75 Å². The van der Waals surface area contributed by atoms with E-state index in [1.54, 1.807) is 24.3 Å². The molecule has 1 heterocycles. The number of halogens is 1. The molecule has 5 nitrogen and oxygen atoms in total. The van der Waals surface area contributed by atoms with Crippen molar-refractivity contribution in [2.24, 2.45) is 0 Å². The molecule has 3 rings (SSSR count). The van der Waals surface area contributed by atoms with Crippen molar-refractivity contribution in [2.75, 3.05) is 13.7 Å². The average Bonchev–Trinajstić information content (AvgIpc) is 2.93. The third kappa shape index (κ3) is 3.33. The zero-order valence-electron chi connectivity index (χ0n) is 14.7. The van der Waals surface area contributed by atoms with E-state index in [1.807, 2.05) is 0 Å². The molecule has 138 valence electrons. The SMILES string of the molecule is C=CCN1C(=O)C(=O)C(=C(O)c2ccc(OC)cc2)[C@H]1c1ccc(F)cc1. The predicted molar refractivity (Wildman–Crippen MR) is 98.6 cm³/mol. The minimum absolute atomic E-state index is 0.0429. The van der Waals surface area contributed by atoms with E-state index in [4.69, 9.17) is 4.74 Å². The first-order valence-electron chi connectivity index (χ1n) is 8.27. The Hall–Kier alpha value is -3.41. The molecule has 6 heteroatoms. The lowest BCUT2D eigenvalue weighted by Gasteiger charge is -2.24. The summed E-state index contributed by atoms with van der Waals surface area (Å²) in [5, 5.41) is 10.8. The molecule has 0 unspecified atom stereocenters. The summed E-state index contributed by atoms with van der Waals surface area (Å²) in [5.41, 5.74) is 0.852. The maximum absolute atomic E-state index is 13.3. The van der Waals surface area contributed by atoms with Crippen LogP contribution in [0.2, 0.25) is 0 Å². The zero-order chi connectivity index (χ0) is 19.6. The molecule has 0 spiro atoms. The van der Waals surface area contributed by atoms with Gasteiger partial charge in [-0.2, -0.15) is 0 Å². The summed E-state index contributed by atoms with van der Waals surface area (Å²) < 4.78 is 18.4. The first kappa shape index (κ1) is 18.4. The number of amides is 1. The number of rotatable bonds is 5. The standard InChI is InChI=1S/C21H18FNO4/c1-3-12-23-18(13-4-8-15(22)9-5-13)17(20(25)21(23)26)19(24)14-6-10-16(27-2)11-7-14/h3-11,18,24H,1,12H2,2H3/t18-/m1/s1. The Morgan fingerprint density at radius 3 is 2.37 bits per heavy atom. The maximum Gasteiger partial charge on any atom is 0.295 e. The van der Waals surface area contributed by atoms with Gasteiger partial charge in [-0.15, -0.1) is 6.58 Å². The predicted octanol–water partition coefficient (Wildman–Crippen LogP) is 3.44. The molecule has 1 fully saturated rings. The molecule has 0 saturated carbocycles. The number of ether oxygens (including phenoxy) is 1. The van der Waals surface area contributed by atoms with E-state index in [1.165, 1.54) is 42.4 Å². The minimum Gasteiger partial charge on any atom is -0.507 e. The topological polar surface area (TPSA) is 66.8 Å². The van der Waals surface area contributed by atoms with Crippen LogP contribution in [0.4, 0.5) is 4.39 Å². The van der Waals surface area contributed by atoms with Crippen molar-refractivity contribution < 1.29 is 23.8 Å². The van der Waals surface area contributed by atoms with Gasteiger partial charge in [0.15, 0.2) is 0 Å². The van der Waals surface area contributed by atoms with Crippen molar-refractivity contribution in [2.45, 2.75) is 6.04 Å². The lowest BCUT2D eigenvalue weighted by Crippen LogP contribution is -2.29. The van der Waals surface area contributed by atoms with Crippen LogP contribution in [0.3, 0.4) is 0 Å². The summed E-state index contributed by atoms with van der Waals surface area (Å²) in [4.78, 5) is 26.4. The molecule has 0 bridgehead atoms. The van der Waals surface area contributed by atoms with Gasteiger partial charge in [0.25, 0.3) is 11.7 Å². The number of ketones is 1. The van der Waals surface area contributed by atoms with Crippen LogP contribution in [0.25, 0.3) is 5.76 Å². The van der Waals surface area contributed by atoms with Crippen molar-refractivity contribution in [3.63, 3.8) is 0 Å². The molecule has 1 atom stereocenters. The Kier molecular flexibility index (Phi) is 5.07. The van der Waals surface area contributed by atoms with Gasteiger partial charge in [-0.3, -0.25) is 9.59 Å². The number of likely N-dealkylation sites (tertiary alicyclic amines) is 1. The summed E-state index contributed by atoms with van der Waals surface area (Å²) in [6.45, 7) is 3.73. The number of hydrogen-bond donors (Lipinski definition) is 1. The average molecular weight is 367 g/mol. The van der Waals surface area contributed by atoms with Crippen LogP contribution in [0, 0.1) is 5.82 Å². The van der Waals surface area contributed by atoms with E-state index in [-0.39, 0.29) is 17.9 Å². The first-order chi connectivity index (χ1) is 13.0. The van der Waals surface area contributed by atoms with Gasteiger partial charge < -0.3 is 14.7 Å². The molecule has 1 amide bonds. The van der Waals surface area contributed by atoms with Crippen molar-refractivity contribution in [1.29, 1.82) is 0 Å². The van der Waals surface area contributed by atoms with Gasteiger partial charge in [-0.1, -0.05) is 18.2 Å². The highest BCUT2D eigenvalue weighted by Crippen LogP contribution is 2.39. The highest BCUT2D eigenvalue weighted by Gasteiger charge is 2.45. The summed E-state index contributed by atoms with van der Waals surface area (Å²) in [5.74, 6) is -1.67. The van der Waals surface area contributed by atoms with Crippen LogP contribution in [0.15, 0.2) is 66.8 Å². The Balaban J connectivity index is 2.16. The lowest BCUT2D eigenvalue weighted by atomic mass is 9.95. The molecular weight excluding hydrogens is 349 g/mol. The van der Waals surface area contributed by atoms with Gasteiger partial charge in [0.2, 0.25) is 0 Å². The molecule has 1 aliphatic heterocycles. The normalized spacial score (nSPS) is 18.6. The Bertz CT molecular complexity index is 916. The maximum atomic E-state index is 13.3. The van der Waals surface area contributed by atoms with Crippen molar-refractivity contribution in [3.8, 4) is 5.75 Å². The molecular formula is C21H18FNO4. The highest BCUT2D eigenvalue weighted by molar-refractivity contribution is 6.46. The summed E-state index contributed by atoms with van der Waals surface area (Å²) in [6, 6.07) is 11.1. The van der Waals surface area contributed by atoms with Crippen molar-refractivity contribution in [1.82, 2.24) is 4.90 Å². The van der Waals surface area contributed by atoms with Gasteiger partial charge >= 0.3 is 0 Å². The second kappa shape index (κ2) is 7.45. The van der Waals surface area contributed by atoms with E-state index in [0.29, 0.717) is 16.9 Å². The second-order valence-corrected chi connectivity index (χ2v) is 6.02. The van der Waals surface area contributed by atoms with Gasteiger partial charge in [0, 0.05) is 12.1 Å². The molecule has 2 aromatic carbocycles. The fourth-order valence-electron chi connectivity index (χ4n) is 3.10. The van der Waals surface area contributed by atoms with Crippen LogP contribution >= 0.6 is 0 Å². The number of methoxy groups -OCH3 is 1. The van der Waals surface area contributed by atoms with Crippen molar-refractivity contribution >= 4 is 17.4 Å². The molecule has 0 aliphatic carbocycles. The number of nitrogens with zero attached hydrogens (tertiary/aromatic N) is 1. The monoisotopic (exact) mass is 367 g/mol. The summed E-state index contributed by atoms with van der Waals surface area (Å²) in [7, 11) is 1.52. The quantitative estimate of drug-likeness (QED) is 0.380. The Labute approximate surface area is 156 Å². The number of hydrogen-bond acceptors (Lipinski definition) is 4. The highest BCUT2D eigenvalue weighted by atomic mass is 19.1. The number of carbonyl (C=O) groups is 2. The van der Waals surface area contributed by atoms with E-state index >= 15 is 0 Å². The fraction of sp³-hybridized carbons (Fsp3) is 0.143. The van der Waals surface area contributed by atoms with Gasteiger partial charge in [-0.05, 0) is 42.0 Å². The van der Waals surface area contributed by atoms with Crippen LogP contribution < -0.4 is 4.74 Å². The number of carbonyl (C=O) groups excluding carboxylic acids is 2. The molecule has 1 aliphatic rings. The minimum atomic E-state index is -0.828. The molecule has 1 N–H and O–H groups in total. The third-order valence-electron chi connectivity index (χ3n) is 4.41. The summed E-state index contributed by atoms with van der Waals surface area (Å²) >= 11 is 0. The number of Topliss-reactive ketones (excluding diaryl/α,β-unsaturated/α-hetero) is 1. The van der Waals surface area contributed by atoms with Gasteiger partial charge in [0.1, 0.15) is 17.3 Å². The van der Waals surface area contributed by atoms with E-state index in [2.05, 4.69) is 6.58 Å². The van der Waals surface area contributed by atoms with Gasteiger partial charge in [0.05, 0.1) is 18.7 Å². The summed E-state index contributed by atoms with van der Waals surface area (Å²) in [6.07, 6.45) is 1.50. The Morgan fingerprint density at radius 1 is 1.19 bits per heavy atom. The van der Waals surface area contributed by atoms with Crippen molar-refractivity contribution in [3.05, 3.63) is 83.7 Å². The van der Waals surface area contributed by atoms with Crippen LogP contribution in [-0.4, -0.2) is 35.4 Å². The van der Waals surface area contributed by atoms with E-state index in [0.717, 1.165) is 0 Å². The molecule has 1 saturated heterocycles. The number of aliphatic hydroxyl groups is 1. The zero-order valence-corrected chi connectivity index (χ0v) is 14.7. The van der Waals surface area contributed by atoms with E-state index < -0.39 is 23.5 Å². The largest absolute Gasteiger partial charge is 0.507 e. The second-order valence-electron chi connectivity index (χ2n) is 6.02. The first-order valence-corrected chi connectivity index (χ1v) is 8.27. The third-order valence-corrected chi connectivity index (χ3v) is 4.41. The van der Waals surface area contributed by atoms with Crippen LogP contribution in [-0.2, 0) is 9.59 Å². The molecule has 0 radical (unpaired) electrons. The number of aliphatic hydroxyl groups excluding tert-OH is 1.